The van der Waals surface area contributed by atoms with Crippen molar-refractivity contribution in [1.82, 2.24) is 5.32 Å². The van der Waals surface area contributed by atoms with E-state index in [1.165, 1.54) is 0 Å². The fraction of sp³-hybridized carbons (Fsp3) is 0.368. The Bertz CT molecular complexity index is 697. The fourth-order valence-electron chi connectivity index (χ4n) is 2.76. The molecule has 4 nitrogen and oxygen atoms in total. The zero-order chi connectivity index (χ0) is 18.4. The average Bonchev–Trinajstić information content (AvgIpc) is 2.58. The highest BCUT2D eigenvalue weighted by molar-refractivity contribution is 5.44. The minimum Gasteiger partial charge on any atom is -0.497 e. The third-order valence-electron chi connectivity index (χ3n) is 3.87. The molecule has 0 saturated carbocycles. The normalized spacial score (nSPS) is 10.8. The Morgan fingerprint density at radius 2 is 1.64 bits per heavy atom. The molecule has 0 atom stereocenters. The highest BCUT2D eigenvalue weighted by Gasteiger charge is 2.12. The Morgan fingerprint density at radius 1 is 0.960 bits per heavy atom. The molecule has 2 aromatic rings. The van der Waals surface area contributed by atoms with E-state index in [9.17, 15) is 8.78 Å². The molecule has 0 saturated heterocycles. The second-order valence-corrected chi connectivity index (χ2v) is 5.72. The Morgan fingerprint density at radius 3 is 2.20 bits per heavy atom. The second kappa shape index (κ2) is 8.67. The molecule has 2 aromatic carbocycles. The van der Waals surface area contributed by atoms with Crippen LogP contribution in [0, 0.1) is 13.8 Å². The van der Waals surface area contributed by atoms with E-state index in [4.69, 9.17) is 9.47 Å². The van der Waals surface area contributed by atoms with Crippen LogP contribution >= 0.6 is 0 Å². The van der Waals surface area contributed by atoms with Gasteiger partial charge in [-0.3, -0.25) is 0 Å². The highest BCUT2D eigenvalue weighted by Crippen LogP contribution is 2.27. The quantitative estimate of drug-likeness (QED) is 0.773. The average molecular weight is 351 g/mol. The van der Waals surface area contributed by atoms with Crippen LogP contribution in [0.2, 0.25) is 0 Å². The first kappa shape index (κ1) is 19.0. The summed E-state index contributed by atoms with van der Waals surface area (Å²) >= 11 is 0. The van der Waals surface area contributed by atoms with E-state index < -0.39 is 6.61 Å². The van der Waals surface area contributed by atoms with Gasteiger partial charge in [-0.2, -0.15) is 8.78 Å². The zero-order valence-corrected chi connectivity index (χ0v) is 14.9. The molecule has 1 N–H and O–H groups in total. The molecule has 25 heavy (non-hydrogen) atoms. The molecule has 0 radical (unpaired) electrons. The summed E-state index contributed by atoms with van der Waals surface area (Å²) in [5.74, 6) is 1.73. The van der Waals surface area contributed by atoms with Gasteiger partial charge in [-0.25, -0.2) is 0 Å². The molecule has 0 spiro atoms. The van der Waals surface area contributed by atoms with Crippen molar-refractivity contribution in [3.8, 4) is 17.2 Å². The number of alkyl halides is 2. The first-order chi connectivity index (χ1) is 11.9. The van der Waals surface area contributed by atoms with Crippen LogP contribution in [0.3, 0.4) is 0 Å². The fourth-order valence-corrected chi connectivity index (χ4v) is 2.76. The predicted molar refractivity (Wildman–Crippen MR) is 92.6 cm³/mol. The molecule has 0 bridgehead atoms. The summed E-state index contributed by atoms with van der Waals surface area (Å²) in [4.78, 5) is 0. The van der Waals surface area contributed by atoms with Crippen molar-refractivity contribution in [2.75, 3.05) is 14.2 Å². The molecule has 0 aliphatic heterocycles. The van der Waals surface area contributed by atoms with Crippen molar-refractivity contribution in [1.29, 1.82) is 0 Å². The van der Waals surface area contributed by atoms with Crippen LogP contribution in [0.15, 0.2) is 30.3 Å². The molecule has 0 aliphatic rings. The van der Waals surface area contributed by atoms with Crippen molar-refractivity contribution < 1.29 is 23.0 Å². The van der Waals surface area contributed by atoms with Gasteiger partial charge in [-0.15, -0.1) is 0 Å². The van der Waals surface area contributed by atoms with Gasteiger partial charge in [0.25, 0.3) is 0 Å². The van der Waals surface area contributed by atoms with Gasteiger partial charge in [0.05, 0.1) is 14.2 Å². The minimum absolute atomic E-state index is 0.246. The molecule has 2 rings (SSSR count). The third-order valence-corrected chi connectivity index (χ3v) is 3.87. The molecule has 0 aliphatic carbocycles. The largest absolute Gasteiger partial charge is 0.497 e. The first-order valence-electron chi connectivity index (χ1n) is 7.91. The maximum Gasteiger partial charge on any atom is 0.387 e. The molecule has 6 heteroatoms. The number of methoxy groups -OCH3 is 2. The first-order valence-corrected chi connectivity index (χ1v) is 7.91. The van der Waals surface area contributed by atoms with Crippen molar-refractivity contribution in [3.63, 3.8) is 0 Å². The van der Waals surface area contributed by atoms with E-state index in [0.717, 1.165) is 22.6 Å². The molecule has 136 valence electrons. The number of rotatable bonds is 8. The maximum absolute atomic E-state index is 12.4. The van der Waals surface area contributed by atoms with E-state index in [2.05, 4.69) is 10.1 Å². The summed E-state index contributed by atoms with van der Waals surface area (Å²) in [6.45, 7) is 1.93. The number of halogens is 2. The number of hydrogen-bond acceptors (Lipinski definition) is 4. The SMILES string of the molecule is COc1ccc(CNCc2cc(C)c(OC(F)F)c(C)c2)c(OC)c1. The Kier molecular flexibility index (Phi) is 6.58. The van der Waals surface area contributed by atoms with Crippen molar-refractivity contribution in [3.05, 3.63) is 52.6 Å². The summed E-state index contributed by atoms with van der Waals surface area (Å²) in [5.41, 5.74) is 3.40. The molecule has 0 fully saturated rings. The molecule has 0 heterocycles. The lowest BCUT2D eigenvalue weighted by Gasteiger charge is -2.14. The molecular weight excluding hydrogens is 328 g/mol. The van der Waals surface area contributed by atoms with Crippen LogP contribution in [-0.4, -0.2) is 20.8 Å². The van der Waals surface area contributed by atoms with Gasteiger partial charge in [-0.1, -0.05) is 18.2 Å². The van der Waals surface area contributed by atoms with E-state index in [0.29, 0.717) is 24.2 Å². The minimum atomic E-state index is -2.82. The van der Waals surface area contributed by atoms with E-state index in [1.54, 1.807) is 28.1 Å². The Balaban J connectivity index is 2.02. The Labute approximate surface area is 146 Å². The van der Waals surface area contributed by atoms with Crippen LogP contribution in [0.25, 0.3) is 0 Å². The molecule has 0 aromatic heterocycles. The zero-order valence-electron chi connectivity index (χ0n) is 14.9. The van der Waals surface area contributed by atoms with Gasteiger partial charge in [-0.05, 0) is 36.6 Å². The summed E-state index contributed by atoms with van der Waals surface area (Å²) in [6, 6.07) is 9.36. The van der Waals surface area contributed by atoms with E-state index >= 15 is 0 Å². The lowest BCUT2D eigenvalue weighted by Crippen LogP contribution is -2.14. The predicted octanol–water partition coefficient (Wildman–Crippen LogP) is 4.21. The lowest BCUT2D eigenvalue weighted by molar-refractivity contribution is -0.0507. The van der Waals surface area contributed by atoms with Gasteiger partial charge in [0.2, 0.25) is 0 Å². The van der Waals surface area contributed by atoms with Crippen LogP contribution < -0.4 is 19.5 Å². The summed E-state index contributed by atoms with van der Waals surface area (Å²) in [7, 11) is 3.23. The number of hydrogen-bond donors (Lipinski definition) is 1. The number of nitrogens with one attached hydrogen (secondary N) is 1. The van der Waals surface area contributed by atoms with Crippen LogP contribution in [0.5, 0.6) is 17.2 Å². The van der Waals surface area contributed by atoms with Gasteiger partial charge in [0.15, 0.2) is 0 Å². The van der Waals surface area contributed by atoms with Gasteiger partial charge >= 0.3 is 6.61 Å². The molecule has 0 amide bonds. The lowest BCUT2D eigenvalue weighted by atomic mass is 10.1. The number of ether oxygens (including phenoxy) is 3. The van der Waals surface area contributed by atoms with Crippen molar-refractivity contribution >= 4 is 0 Å². The summed E-state index contributed by atoms with van der Waals surface area (Å²) in [6.07, 6.45) is 0. The second-order valence-electron chi connectivity index (χ2n) is 5.72. The summed E-state index contributed by atoms with van der Waals surface area (Å²) < 4.78 is 40.0. The van der Waals surface area contributed by atoms with Gasteiger partial charge < -0.3 is 19.5 Å². The highest BCUT2D eigenvalue weighted by atomic mass is 19.3. The van der Waals surface area contributed by atoms with Crippen LogP contribution in [0.1, 0.15) is 22.3 Å². The monoisotopic (exact) mass is 351 g/mol. The van der Waals surface area contributed by atoms with Crippen LogP contribution in [0.4, 0.5) is 8.78 Å². The third kappa shape index (κ3) is 5.06. The smallest absolute Gasteiger partial charge is 0.387 e. The topological polar surface area (TPSA) is 39.7 Å². The van der Waals surface area contributed by atoms with Crippen molar-refractivity contribution in [2.45, 2.75) is 33.5 Å². The van der Waals surface area contributed by atoms with Gasteiger partial charge in [0.1, 0.15) is 17.2 Å². The molecule has 0 unspecified atom stereocenters. The van der Waals surface area contributed by atoms with E-state index in [1.807, 2.05) is 30.3 Å². The van der Waals surface area contributed by atoms with Gasteiger partial charge in [0, 0.05) is 24.7 Å². The van der Waals surface area contributed by atoms with Crippen LogP contribution in [-0.2, 0) is 13.1 Å². The standard InChI is InChI=1S/C19H23F2NO3/c1-12-7-14(8-13(2)18(12)25-19(20)21)10-22-11-15-5-6-16(23-3)9-17(15)24-4/h5-9,19,22H,10-11H2,1-4H3. The van der Waals surface area contributed by atoms with Crippen molar-refractivity contribution in [2.24, 2.45) is 0 Å². The summed E-state index contributed by atoms with van der Waals surface area (Å²) in [5, 5.41) is 3.34. The Hall–Kier alpha value is -2.34. The maximum atomic E-state index is 12.4. The number of aryl methyl sites for hydroxylation is 2. The van der Waals surface area contributed by atoms with E-state index in [-0.39, 0.29) is 5.75 Å². The number of benzene rings is 2. The molecular formula is C19H23F2NO3.